The van der Waals surface area contributed by atoms with E-state index in [1.807, 2.05) is 0 Å². The summed E-state index contributed by atoms with van der Waals surface area (Å²) in [7, 11) is 1.54. The van der Waals surface area contributed by atoms with E-state index in [4.69, 9.17) is 0 Å². The second-order valence-electron chi connectivity index (χ2n) is 5.20. The molecule has 1 atom stereocenters. The van der Waals surface area contributed by atoms with E-state index in [-0.39, 0.29) is 30.1 Å². The summed E-state index contributed by atoms with van der Waals surface area (Å²) in [4.78, 5) is 24.5. The van der Waals surface area contributed by atoms with Crippen molar-refractivity contribution in [1.82, 2.24) is 15.5 Å². The number of likely N-dealkylation sites (N-methyl/N-ethyl adjacent to an activating group) is 1. The number of nitrogens with one attached hydrogen (secondary N) is 2. The maximum absolute atomic E-state index is 13.0. The van der Waals surface area contributed by atoms with E-state index in [0.717, 1.165) is 0 Å². The molecule has 0 aliphatic carbocycles. The second kappa shape index (κ2) is 7.73. The highest BCUT2D eigenvalue weighted by molar-refractivity contribution is 5.85. The molecule has 0 aromatic heterocycles. The maximum Gasteiger partial charge on any atom is 0.262 e. The first-order valence-corrected chi connectivity index (χ1v) is 6.37. The molecule has 0 aromatic rings. The Hall–Kier alpha value is -0.950. The quantitative estimate of drug-likeness (QED) is 0.783. The summed E-state index contributed by atoms with van der Waals surface area (Å²) < 4.78 is 25.9. The third kappa shape index (κ3) is 5.58. The average Bonchev–Trinajstić information content (AvgIpc) is 2.68. The van der Waals surface area contributed by atoms with Crippen LogP contribution in [-0.4, -0.2) is 55.4 Å². The summed E-state index contributed by atoms with van der Waals surface area (Å²) in [5.41, 5.74) is 0. The molecule has 8 heteroatoms. The van der Waals surface area contributed by atoms with Gasteiger partial charge in [-0.2, -0.15) is 0 Å². The third-order valence-electron chi connectivity index (χ3n) is 3.05. The zero-order chi connectivity index (χ0) is 14.6. The van der Waals surface area contributed by atoms with Crippen LogP contribution in [0.15, 0.2) is 0 Å². The molecule has 1 aliphatic rings. The predicted octanol–water partition coefficient (Wildman–Crippen LogP) is 0.636. The van der Waals surface area contributed by atoms with E-state index < -0.39 is 24.9 Å². The Balaban J connectivity index is 0.00000361. The fraction of sp³-hybridized carbons (Fsp3) is 0.833. The molecular weight excluding hydrogens is 292 g/mol. The summed E-state index contributed by atoms with van der Waals surface area (Å²) in [6.07, 6.45) is -0.464. The van der Waals surface area contributed by atoms with E-state index in [2.05, 4.69) is 10.6 Å². The van der Waals surface area contributed by atoms with Crippen molar-refractivity contribution < 1.29 is 18.4 Å². The van der Waals surface area contributed by atoms with Crippen LogP contribution in [0.2, 0.25) is 0 Å². The standard InChI is InChI=1S/C12H21F2N3O2.ClH/c1-8(2)10(18)15-4-5-17(3)11(19)9-6-12(13,14)7-16-9;/h8-9,16H,4-7H2,1-3H3,(H,15,18);1H. The van der Waals surface area contributed by atoms with Gasteiger partial charge in [0.15, 0.2) is 0 Å². The fourth-order valence-electron chi connectivity index (χ4n) is 1.82. The van der Waals surface area contributed by atoms with Gasteiger partial charge in [0.05, 0.1) is 12.6 Å². The molecule has 1 fully saturated rings. The second-order valence-corrected chi connectivity index (χ2v) is 5.20. The summed E-state index contributed by atoms with van der Waals surface area (Å²) in [6.45, 7) is 3.72. The third-order valence-corrected chi connectivity index (χ3v) is 3.05. The number of carbonyl (C=O) groups is 2. The van der Waals surface area contributed by atoms with Gasteiger partial charge in [0.2, 0.25) is 11.8 Å². The number of hydrogen-bond donors (Lipinski definition) is 2. The van der Waals surface area contributed by atoms with Crippen LogP contribution in [-0.2, 0) is 9.59 Å². The van der Waals surface area contributed by atoms with Crippen LogP contribution in [0.3, 0.4) is 0 Å². The van der Waals surface area contributed by atoms with Crippen molar-refractivity contribution in [1.29, 1.82) is 0 Å². The van der Waals surface area contributed by atoms with E-state index in [1.165, 1.54) is 4.90 Å². The van der Waals surface area contributed by atoms with Gasteiger partial charge in [-0.05, 0) is 0 Å². The van der Waals surface area contributed by atoms with Gasteiger partial charge in [-0.15, -0.1) is 12.4 Å². The lowest BCUT2D eigenvalue weighted by Gasteiger charge is -2.21. The van der Waals surface area contributed by atoms with Crippen molar-refractivity contribution in [3.63, 3.8) is 0 Å². The number of rotatable bonds is 5. The predicted molar refractivity (Wildman–Crippen MR) is 74.1 cm³/mol. The van der Waals surface area contributed by atoms with Gasteiger partial charge in [-0.25, -0.2) is 8.78 Å². The molecule has 2 amide bonds. The molecular formula is C12H22ClF2N3O2. The van der Waals surface area contributed by atoms with Gasteiger partial charge < -0.3 is 10.2 Å². The van der Waals surface area contributed by atoms with E-state index in [0.29, 0.717) is 13.1 Å². The van der Waals surface area contributed by atoms with Gasteiger partial charge in [0.1, 0.15) is 0 Å². The van der Waals surface area contributed by atoms with Crippen molar-refractivity contribution >= 4 is 24.2 Å². The summed E-state index contributed by atoms with van der Waals surface area (Å²) in [6, 6.07) is -0.833. The van der Waals surface area contributed by atoms with Crippen LogP contribution in [0.4, 0.5) is 8.78 Å². The van der Waals surface area contributed by atoms with Crippen molar-refractivity contribution in [2.24, 2.45) is 5.92 Å². The van der Waals surface area contributed by atoms with Gasteiger partial charge >= 0.3 is 0 Å². The zero-order valence-electron chi connectivity index (χ0n) is 11.9. The Morgan fingerprint density at radius 3 is 2.50 bits per heavy atom. The van der Waals surface area contributed by atoms with Gasteiger partial charge in [-0.1, -0.05) is 13.8 Å². The number of amides is 2. The van der Waals surface area contributed by atoms with E-state index >= 15 is 0 Å². The first kappa shape index (κ1) is 19.1. The van der Waals surface area contributed by atoms with E-state index in [9.17, 15) is 18.4 Å². The smallest absolute Gasteiger partial charge is 0.262 e. The molecule has 0 saturated carbocycles. The Morgan fingerprint density at radius 1 is 1.45 bits per heavy atom. The molecule has 2 N–H and O–H groups in total. The maximum atomic E-state index is 13.0. The van der Waals surface area contributed by atoms with Gasteiger partial charge in [0.25, 0.3) is 5.92 Å². The van der Waals surface area contributed by atoms with Gasteiger partial charge in [-0.3, -0.25) is 14.9 Å². The molecule has 0 aromatic carbocycles. The lowest BCUT2D eigenvalue weighted by Crippen LogP contribution is -2.44. The monoisotopic (exact) mass is 313 g/mol. The average molecular weight is 314 g/mol. The number of halogens is 3. The largest absolute Gasteiger partial charge is 0.354 e. The number of hydrogen-bond acceptors (Lipinski definition) is 3. The molecule has 1 aliphatic heterocycles. The minimum atomic E-state index is -2.81. The zero-order valence-corrected chi connectivity index (χ0v) is 12.7. The normalized spacial score (nSPS) is 20.4. The van der Waals surface area contributed by atoms with Crippen LogP contribution >= 0.6 is 12.4 Å². The lowest BCUT2D eigenvalue weighted by atomic mass is 10.1. The molecule has 0 radical (unpaired) electrons. The first-order valence-electron chi connectivity index (χ1n) is 6.37. The topological polar surface area (TPSA) is 61.4 Å². The van der Waals surface area contributed by atoms with Gasteiger partial charge in [0, 0.05) is 32.5 Å². The molecule has 118 valence electrons. The molecule has 1 saturated heterocycles. The Morgan fingerprint density at radius 2 is 2.05 bits per heavy atom. The molecule has 20 heavy (non-hydrogen) atoms. The highest BCUT2D eigenvalue weighted by Crippen LogP contribution is 2.25. The molecule has 0 spiro atoms. The first-order chi connectivity index (χ1) is 8.73. The van der Waals surface area contributed by atoms with Crippen LogP contribution in [0.1, 0.15) is 20.3 Å². The van der Waals surface area contributed by atoms with Crippen molar-refractivity contribution in [3.8, 4) is 0 Å². The van der Waals surface area contributed by atoms with E-state index in [1.54, 1.807) is 20.9 Å². The van der Waals surface area contributed by atoms with Crippen LogP contribution in [0.5, 0.6) is 0 Å². The molecule has 1 unspecified atom stereocenters. The molecule has 1 heterocycles. The fourth-order valence-corrected chi connectivity index (χ4v) is 1.82. The lowest BCUT2D eigenvalue weighted by molar-refractivity contribution is -0.133. The highest BCUT2D eigenvalue weighted by Gasteiger charge is 2.42. The highest BCUT2D eigenvalue weighted by atomic mass is 35.5. The summed E-state index contributed by atoms with van der Waals surface area (Å²) in [5.74, 6) is -3.38. The minimum absolute atomic E-state index is 0. The Labute approximate surface area is 123 Å². The number of carbonyl (C=O) groups excluding carboxylic acids is 2. The van der Waals surface area contributed by atoms with Crippen LogP contribution < -0.4 is 10.6 Å². The van der Waals surface area contributed by atoms with Crippen LogP contribution in [0, 0.1) is 5.92 Å². The van der Waals surface area contributed by atoms with Crippen LogP contribution in [0.25, 0.3) is 0 Å². The van der Waals surface area contributed by atoms with Crippen molar-refractivity contribution in [2.45, 2.75) is 32.2 Å². The van der Waals surface area contributed by atoms with Crippen molar-refractivity contribution in [3.05, 3.63) is 0 Å². The Bertz CT molecular complexity index is 354. The Kier molecular flexibility index (Phi) is 7.37. The van der Waals surface area contributed by atoms with Crippen molar-refractivity contribution in [2.75, 3.05) is 26.7 Å². The molecule has 1 rings (SSSR count). The molecule has 5 nitrogen and oxygen atoms in total. The minimum Gasteiger partial charge on any atom is -0.354 e. The SMILES string of the molecule is CC(C)C(=O)NCCN(C)C(=O)C1CC(F)(F)CN1.Cl. The molecule has 0 bridgehead atoms. The number of nitrogens with zero attached hydrogens (tertiary/aromatic N) is 1. The summed E-state index contributed by atoms with van der Waals surface area (Å²) in [5, 5.41) is 5.19. The number of alkyl halides is 2. The summed E-state index contributed by atoms with van der Waals surface area (Å²) >= 11 is 0.